The summed E-state index contributed by atoms with van der Waals surface area (Å²) in [5, 5.41) is 3.36. The van der Waals surface area contributed by atoms with E-state index in [1.165, 1.54) is 15.6 Å². The number of aromatic nitrogens is 1. The number of hydrogen-bond donors (Lipinski definition) is 1. The lowest BCUT2D eigenvalue weighted by molar-refractivity contribution is -0.117. The summed E-state index contributed by atoms with van der Waals surface area (Å²) in [5.74, 6) is -0.379. The SMILES string of the molecule is CCC(C(=O)Nc1nc2ccc(S(=O)(=O)N(CC)CC)cc2s1)c1ccccc1. The molecule has 0 saturated heterocycles. The van der Waals surface area contributed by atoms with Gasteiger partial charge >= 0.3 is 0 Å². The number of thiazole rings is 1. The lowest BCUT2D eigenvalue weighted by Gasteiger charge is -2.18. The Labute approximate surface area is 175 Å². The predicted molar refractivity (Wildman–Crippen MR) is 118 cm³/mol. The molecule has 1 atom stereocenters. The number of hydrogen-bond acceptors (Lipinski definition) is 5. The van der Waals surface area contributed by atoms with Gasteiger partial charge < -0.3 is 5.32 Å². The van der Waals surface area contributed by atoms with Crippen LogP contribution in [0.4, 0.5) is 5.13 Å². The highest BCUT2D eigenvalue weighted by Gasteiger charge is 2.23. The summed E-state index contributed by atoms with van der Waals surface area (Å²) in [4.78, 5) is 17.5. The van der Waals surface area contributed by atoms with Crippen LogP contribution in [-0.2, 0) is 14.8 Å². The summed E-state index contributed by atoms with van der Waals surface area (Å²) >= 11 is 1.28. The Kier molecular flexibility index (Phi) is 6.66. The quantitative estimate of drug-likeness (QED) is 0.571. The number of amides is 1. The highest BCUT2D eigenvalue weighted by atomic mass is 32.2. The predicted octanol–water partition coefficient (Wildman–Crippen LogP) is 4.46. The molecule has 3 rings (SSSR count). The van der Waals surface area contributed by atoms with Crippen LogP contribution in [0.1, 0.15) is 38.7 Å². The molecule has 1 heterocycles. The summed E-state index contributed by atoms with van der Waals surface area (Å²) in [6.07, 6.45) is 0.674. The number of nitrogens with one attached hydrogen (secondary N) is 1. The molecule has 1 aromatic heterocycles. The molecular weight excluding hydrogens is 406 g/mol. The first-order chi connectivity index (χ1) is 13.9. The van der Waals surface area contributed by atoms with Crippen molar-refractivity contribution in [3.05, 3.63) is 54.1 Å². The van der Waals surface area contributed by atoms with Crippen LogP contribution in [0, 0.1) is 0 Å². The van der Waals surface area contributed by atoms with Gasteiger partial charge in [-0.1, -0.05) is 62.4 Å². The fraction of sp³-hybridized carbons (Fsp3) is 0.333. The fourth-order valence-electron chi connectivity index (χ4n) is 3.28. The van der Waals surface area contributed by atoms with Crippen LogP contribution in [0.2, 0.25) is 0 Å². The third-order valence-electron chi connectivity index (χ3n) is 4.86. The average molecular weight is 432 g/mol. The number of carbonyl (C=O) groups is 1. The molecule has 1 unspecified atom stereocenters. The van der Waals surface area contributed by atoms with Gasteiger partial charge in [-0.15, -0.1) is 0 Å². The van der Waals surface area contributed by atoms with Gasteiger partial charge in [-0.05, 0) is 30.2 Å². The highest BCUT2D eigenvalue weighted by Crippen LogP contribution is 2.30. The molecule has 0 saturated carbocycles. The topological polar surface area (TPSA) is 79.4 Å². The maximum atomic E-state index is 12.8. The zero-order valence-electron chi connectivity index (χ0n) is 16.8. The second kappa shape index (κ2) is 9.02. The van der Waals surface area contributed by atoms with E-state index in [4.69, 9.17) is 0 Å². The third-order valence-corrected chi connectivity index (χ3v) is 7.84. The Morgan fingerprint density at radius 2 is 1.79 bits per heavy atom. The summed E-state index contributed by atoms with van der Waals surface area (Å²) < 4.78 is 27.6. The summed E-state index contributed by atoms with van der Waals surface area (Å²) in [7, 11) is -3.54. The fourth-order valence-corrected chi connectivity index (χ4v) is 5.75. The van der Waals surface area contributed by atoms with Crippen molar-refractivity contribution in [2.45, 2.75) is 38.0 Å². The number of rotatable bonds is 8. The summed E-state index contributed by atoms with van der Waals surface area (Å²) in [6.45, 7) is 6.44. The van der Waals surface area contributed by atoms with Crippen LogP contribution in [0.25, 0.3) is 10.2 Å². The van der Waals surface area contributed by atoms with Gasteiger partial charge in [-0.2, -0.15) is 4.31 Å². The van der Waals surface area contributed by atoms with Crippen molar-refractivity contribution >= 4 is 42.6 Å². The van der Waals surface area contributed by atoms with E-state index in [2.05, 4.69) is 10.3 Å². The van der Waals surface area contributed by atoms with E-state index >= 15 is 0 Å². The Hall–Kier alpha value is -2.29. The van der Waals surface area contributed by atoms with Crippen LogP contribution in [0.15, 0.2) is 53.4 Å². The molecule has 1 amide bonds. The molecule has 0 aliphatic rings. The molecule has 6 nitrogen and oxygen atoms in total. The van der Waals surface area contributed by atoms with Crippen molar-refractivity contribution in [1.29, 1.82) is 0 Å². The average Bonchev–Trinajstić information content (AvgIpc) is 3.11. The molecule has 29 heavy (non-hydrogen) atoms. The zero-order chi connectivity index (χ0) is 21.0. The molecule has 1 N–H and O–H groups in total. The number of benzene rings is 2. The van der Waals surface area contributed by atoms with Gasteiger partial charge in [-0.25, -0.2) is 13.4 Å². The molecule has 0 spiro atoms. The van der Waals surface area contributed by atoms with Crippen molar-refractivity contribution < 1.29 is 13.2 Å². The molecule has 3 aromatic rings. The Bertz CT molecular complexity index is 1090. The molecule has 0 radical (unpaired) electrons. The van der Waals surface area contributed by atoms with Crippen LogP contribution < -0.4 is 5.32 Å². The molecular formula is C21H25N3O3S2. The van der Waals surface area contributed by atoms with Crippen LogP contribution in [0.5, 0.6) is 0 Å². The van der Waals surface area contributed by atoms with E-state index in [1.807, 2.05) is 51.1 Å². The number of sulfonamides is 1. The maximum absolute atomic E-state index is 12.8. The second-order valence-corrected chi connectivity index (χ2v) is 9.57. The van der Waals surface area contributed by atoms with E-state index in [9.17, 15) is 13.2 Å². The van der Waals surface area contributed by atoms with Gasteiger partial charge in [0, 0.05) is 13.1 Å². The van der Waals surface area contributed by atoms with Crippen molar-refractivity contribution in [3.63, 3.8) is 0 Å². The van der Waals surface area contributed by atoms with E-state index in [0.717, 1.165) is 10.3 Å². The number of nitrogens with zero attached hydrogens (tertiary/aromatic N) is 2. The minimum absolute atomic E-state index is 0.117. The number of carbonyl (C=O) groups excluding carboxylic acids is 1. The van der Waals surface area contributed by atoms with Crippen molar-refractivity contribution in [2.24, 2.45) is 0 Å². The first-order valence-corrected chi connectivity index (χ1v) is 11.9. The van der Waals surface area contributed by atoms with E-state index in [1.54, 1.807) is 18.2 Å². The normalized spacial score (nSPS) is 13.0. The van der Waals surface area contributed by atoms with Gasteiger partial charge in [0.2, 0.25) is 15.9 Å². The molecule has 2 aromatic carbocycles. The van der Waals surface area contributed by atoms with E-state index < -0.39 is 10.0 Å². The van der Waals surface area contributed by atoms with Crippen molar-refractivity contribution in [3.8, 4) is 0 Å². The first kappa shape index (κ1) is 21.4. The largest absolute Gasteiger partial charge is 0.301 e. The summed E-state index contributed by atoms with van der Waals surface area (Å²) in [6, 6.07) is 14.5. The standard InChI is InChI=1S/C21H25N3O3S2/c1-4-17(15-10-8-7-9-11-15)20(25)23-21-22-18-13-12-16(14-19(18)28-21)29(26,27)24(5-2)6-3/h7-14,17H,4-6H2,1-3H3,(H,22,23,25). The lowest BCUT2D eigenvalue weighted by Crippen LogP contribution is -2.30. The van der Waals surface area contributed by atoms with Gasteiger partial charge in [0.15, 0.2) is 5.13 Å². The number of fused-ring (bicyclic) bond motifs is 1. The zero-order valence-corrected chi connectivity index (χ0v) is 18.4. The molecule has 0 fully saturated rings. The monoisotopic (exact) mass is 431 g/mol. The smallest absolute Gasteiger partial charge is 0.243 e. The molecule has 8 heteroatoms. The molecule has 154 valence electrons. The van der Waals surface area contributed by atoms with Gasteiger partial charge in [0.05, 0.1) is 21.0 Å². The minimum Gasteiger partial charge on any atom is -0.301 e. The van der Waals surface area contributed by atoms with Crippen molar-refractivity contribution in [2.75, 3.05) is 18.4 Å². The van der Waals surface area contributed by atoms with Gasteiger partial charge in [0.25, 0.3) is 0 Å². The second-order valence-electron chi connectivity index (χ2n) is 6.60. The highest BCUT2D eigenvalue weighted by molar-refractivity contribution is 7.89. The Morgan fingerprint density at radius 3 is 2.41 bits per heavy atom. The van der Waals surface area contributed by atoms with Crippen LogP contribution in [-0.4, -0.2) is 36.7 Å². The number of anilines is 1. The third kappa shape index (κ3) is 4.49. The Morgan fingerprint density at radius 1 is 1.10 bits per heavy atom. The van der Waals surface area contributed by atoms with Gasteiger partial charge in [0.1, 0.15) is 0 Å². The van der Waals surface area contributed by atoms with Crippen LogP contribution >= 0.6 is 11.3 Å². The van der Waals surface area contributed by atoms with E-state index in [0.29, 0.717) is 30.2 Å². The van der Waals surface area contributed by atoms with E-state index in [-0.39, 0.29) is 16.7 Å². The molecule has 0 bridgehead atoms. The maximum Gasteiger partial charge on any atom is 0.243 e. The molecule has 0 aliphatic carbocycles. The minimum atomic E-state index is -3.54. The first-order valence-electron chi connectivity index (χ1n) is 9.67. The molecule has 0 aliphatic heterocycles. The summed E-state index contributed by atoms with van der Waals surface area (Å²) in [5.41, 5.74) is 1.62. The lowest BCUT2D eigenvalue weighted by atomic mass is 9.96. The van der Waals surface area contributed by atoms with Crippen molar-refractivity contribution in [1.82, 2.24) is 9.29 Å². The Balaban J connectivity index is 1.86. The van der Waals surface area contributed by atoms with Gasteiger partial charge in [-0.3, -0.25) is 4.79 Å². The van der Waals surface area contributed by atoms with Crippen LogP contribution in [0.3, 0.4) is 0 Å².